The van der Waals surface area contributed by atoms with Gasteiger partial charge in [0.15, 0.2) is 0 Å². The summed E-state index contributed by atoms with van der Waals surface area (Å²) < 4.78 is 1.92. The van der Waals surface area contributed by atoms with Crippen LogP contribution < -0.4 is 0 Å². The molecule has 2 aromatic heterocycles. The molecule has 1 aliphatic heterocycles. The van der Waals surface area contributed by atoms with Crippen LogP contribution in [-0.2, 0) is 0 Å². The van der Waals surface area contributed by atoms with Gasteiger partial charge in [0.05, 0.1) is 11.3 Å². The summed E-state index contributed by atoms with van der Waals surface area (Å²) >= 11 is 0. The zero-order valence-corrected chi connectivity index (χ0v) is 12.2. The Bertz CT molecular complexity index is 646. The van der Waals surface area contributed by atoms with Crippen LogP contribution in [0.25, 0.3) is 5.65 Å². The highest BCUT2D eigenvalue weighted by Crippen LogP contribution is 2.17. The molecule has 1 saturated heterocycles. The van der Waals surface area contributed by atoms with Crippen molar-refractivity contribution in [2.45, 2.75) is 19.4 Å². The van der Waals surface area contributed by atoms with Crippen LogP contribution in [0.1, 0.15) is 22.5 Å². The average Bonchev–Trinajstić information content (AvgIpc) is 3.02. The zero-order valence-electron chi connectivity index (χ0n) is 12.2. The maximum atomic E-state index is 12.5. The molecule has 3 rings (SSSR count). The molecule has 5 nitrogen and oxygen atoms in total. The number of rotatable bonds is 2. The first-order valence-corrected chi connectivity index (χ1v) is 6.95. The van der Waals surface area contributed by atoms with Gasteiger partial charge in [0.25, 0.3) is 5.91 Å². The van der Waals surface area contributed by atoms with Crippen LogP contribution in [0.2, 0.25) is 0 Å². The highest BCUT2D eigenvalue weighted by molar-refractivity contribution is 5.94. The van der Waals surface area contributed by atoms with E-state index in [-0.39, 0.29) is 5.91 Å². The number of aryl methyl sites for hydroxylation is 1. The lowest BCUT2D eigenvalue weighted by Gasteiger charge is -2.20. The molecule has 0 aromatic carbocycles. The minimum Gasteiger partial charge on any atom is -0.337 e. The molecule has 0 spiro atoms. The molecule has 3 heterocycles. The Kier molecular flexibility index (Phi) is 3.22. The first-order valence-electron chi connectivity index (χ1n) is 6.95. The number of likely N-dealkylation sites (N-methyl/N-ethyl adjacent to an activating group) is 1. The van der Waals surface area contributed by atoms with Gasteiger partial charge in [0.1, 0.15) is 5.65 Å². The standard InChI is InChI=1S/C15H20N4O/c1-11-8-19-9-12(4-5-14(19)16-11)15(20)18-7-6-13(10-18)17(2)3/h4-5,8-9,13H,6-7,10H2,1-3H3/t13-/m1/s1. The van der Waals surface area contributed by atoms with Gasteiger partial charge in [-0.1, -0.05) is 0 Å². The molecule has 1 atom stereocenters. The summed E-state index contributed by atoms with van der Waals surface area (Å²) in [6, 6.07) is 4.24. The van der Waals surface area contributed by atoms with E-state index in [0.29, 0.717) is 6.04 Å². The molecular weight excluding hydrogens is 252 g/mol. The lowest BCUT2D eigenvalue weighted by Crippen LogP contribution is -2.34. The van der Waals surface area contributed by atoms with Crippen molar-refractivity contribution < 1.29 is 4.79 Å². The SMILES string of the molecule is Cc1cn2cc(C(=O)N3CC[C@@H](N(C)C)C3)ccc2n1. The quantitative estimate of drug-likeness (QED) is 0.830. The average molecular weight is 272 g/mol. The number of hydrogen-bond donors (Lipinski definition) is 0. The lowest BCUT2D eigenvalue weighted by molar-refractivity contribution is 0.0782. The van der Waals surface area contributed by atoms with E-state index in [1.807, 2.05) is 40.8 Å². The van der Waals surface area contributed by atoms with Crippen LogP contribution >= 0.6 is 0 Å². The van der Waals surface area contributed by atoms with E-state index in [9.17, 15) is 4.79 Å². The van der Waals surface area contributed by atoms with Crippen LogP contribution in [0.5, 0.6) is 0 Å². The van der Waals surface area contributed by atoms with E-state index in [4.69, 9.17) is 0 Å². The van der Waals surface area contributed by atoms with Gasteiger partial charge in [-0.05, 0) is 39.6 Å². The monoisotopic (exact) mass is 272 g/mol. The maximum absolute atomic E-state index is 12.5. The minimum absolute atomic E-state index is 0.114. The predicted octanol–water partition coefficient (Wildman–Crippen LogP) is 1.42. The van der Waals surface area contributed by atoms with E-state index in [1.165, 1.54) is 0 Å². The van der Waals surface area contributed by atoms with Gasteiger partial charge in [-0.25, -0.2) is 4.98 Å². The van der Waals surface area contributed by atoms with E-state index < -0.39 is 0 Å². The van der Waals surface area contributed by atoms with Crippen LogP contribution in [0.15, 0.2) is 24.5 Å². The molecule has 20 heavy (non-hydrogen) atoms. The molecule has 0 saturated carbocycles. The zero-order chi connectivity index (χ0) is 14.3. The van der Waals surface area contributed by atoms with E-state index >= 15 is 0 Å². The number of likely N-dealkylation sites (tertiary alicyclic amines) is 1. The number of imidazole rings is 1. The van der Waals surface area contributed by atoms with Gasteiger partial charge in [-0.15, -0.1) is 0 Å². The highest BCUT2D eigenvalue weighted by Gasteiger charge is 2.28. The predicted molar refractivity (Wildman–Crippen MR) is 77.9 cm³/mol. The fraction of sp³-hybridized carbons (Fsp3) is 0.467. The summed E-state index contributed by atoms with van der Waals surface area (Å²) in [4.78, 5) is 21.0. The molecule has 5 heteroatoms. The lowest BCUT2D eigenvalue weighted by atomic mass is 10.2. The Balaban J connectivity index is 1.82. The van der Waals surface area contributed by atoms with Crippen molar-refractivity contribution in [3.8, 4) is 0 Å². The molecule has 106 valence electrons. The van der Waals surface area contributed by atoms with Gasteiger partial charge in [0.2, 0.25) is 0 Å². The molecule has 1 aliphatic rings. The topological polar surface area (TPSA) is 40.9 Å². The second-order valence-corrected chi connectivity index (χ2v) is 5.72. The molecule has 0 bridgehead atoms. The van der Waals surface area contributed by atoms with Gasteiger partial charge < -0.3 is 14.2 Å². The van der Waals surface area contributed by atoms with E-state index in [1.54, 1.807) is 0 Å². The Labute approximate surface area is 118 Å². The van der Waals surface area contributed by atoms with Gasteiger partial charge in [0, 0.05) is 31.5 Å². The van der Waals surface area contributed by atoms with Crippen LogP contribution in [0.4, 0.5) is 0 Å². The maximum Gasteiger partial charge on any atom is 0.255 e. The summed E-state index contributed by atoms with van der Waals surface area (Å²) in [6.45, 7) is 3.60. The first-order chi connectivity index (χ1) is 9.54. The van der Waals surface area contributed by atoms with Gasteiger partial charge in [-0.2, -0.15) is 0 Å². The number of pyridine rings is 1. The molecule has 1 amide bonds. The summed E-state index contributed by atoms with van der Waals surface area (Å²) in [5, 5.41) is 0. The Morgan fingerprint density at radius 2 is 2.15 bits per heavy atom. The van der Waals surface area contributed by atoms with Crippen molar-refractivity contribution in [1.29, 1.82) is 0 Å². The second kappa shape index (κ2) is 4.90. The molecule has 2 aromatic rings. The summed E-state index contributed by atoms with van der Waals surface area (Å²) in [7, 11) is 4.14. The first kappa shape index (κ1) is 13.1. The van der Waals surface area contributed by atoms with Gasteiger partial charge in [-0.3, -0.25) is 4.79 Å². The number of fused-ring (bicyclic) bond motifs is 1. The number of carbonyl (C=O) groups excluding carboxylic acids is 1. The van der Waals surface area contributed by atoms with Crippen LogP contribution in [0, 0.1) is 6.92 Å². The van der Waals surface area contributed by atoms with Crippen molar-refractivity contribution in [2.75, 3.05) is 27.2 Å². The third-order valence-corrected chi connectivity index (χ3v) is 4.00. The van der Waals surface area contributed by atoms with Crippen molar-refractivity contribution in [2.24, 2.45) is 0 Å². The normalized spacial score (nSPS) is 19.2. The fourth-order valence-electron chi connectivity index (χ4n) is 2.78. The molecule has 0 radical (unpaired) electrons. The Morgan fingerprint density at radius 1 is 1.35 bits per heavy atom. The number of aromatic nitrogens is 2. The summed E-state index contributed by atoms with van der Waals surface area (Å²) in [6.07, 6.45) is 4.87. The third-order valence-electron chi connectivity index (χ3n) is 4.00. The Morgan fingerprint density at radius 3 is 2.85 bits per heavy atom. The third kappa shape index (κ3) is 2.29. The molecule has 0 aliphatic carbocycles. The summed E-state index contributed by atoms with van der Waals surface area (Å²) in [5.74, 6) is 0.114. The van der Waals surface area contributed by atoms with Crippen molar-refractivity contribution in [1.82, 2.24) is 19.2 Å². The van der Waals surface area contributed by atoms with Crippen molar-refractivity contribution >= 4 is 11.6 Å². The molecule has 0 N–H and O–H groups in total. The van der Waals surface area contributed by atoms with Crippen LogP contribution in [0.3, 0.4) is 0 Å². The van der Waals surface area contributed by atoms with E-state index in [0.717, 1.165) is 36.4 Å². The molecular formula is C15H20N4O. The van der Waals surface area contributed by atoms with Crippen molar-refractivity contribution in [3.63, 3.8) is 0 Å². The van der Waals surface area contributed by atoms with Gasteiger partial charge >= 0.3 is 0 Å². The van der Waals surface area contributed by atoms with E-state index in [2.05, 4.69) is 24.0 Å². The Hall–Kier alpha value is -1.88. The number of hydrogen-bond acceptors (Lipinski definition) is 3. The molecule has 0 unspecified atom stereocenters. The second-order valence-electron chi connectivity index (χ2n) is 5.72. The minimum atomic E-state index is 0.114. The number of nitrogens with zero attached hydrogens (tertiary/aromatic N) is 4. The van der Waals surface area contributed by atoms with Crippen molar-refractivity contribution in [3.05, 3.63) is 35.8 Å². The largest absolute Gasteiger partial charge is 0.337 e. The van der Waals surface area contributed by atoms with Crippen LogP contribution in [-0.4, -0.2) is 58.3 Å². The fourth-order valence-corrected chi connectivity index (χ4v) is 2.78. The smallest absolute Gasteiger partial charge is 0.255 e. The molecule has 1 fully saturated rings. The summed E-state index contributed by atoms with van der Waals surface area (Å²) in [5.41, 5.74) is 2.57. The number of carbonyl (C=O) groups is 1. The number of amides is 1. The highest BCUT2D eigenvalue weighted by atomic mass is 16.2.